The molecule has 0 aromatic rings. The van der Waals surface area contributed by atoms with E-state index in [1.807, 2.05) is 6.08 Å². The summed E-state index contributed by atoms with van der Waals surface area (Å²) in [6.45, 7) is 2.31. The van der Waals surface area contributed by atoms with Gasteiger partial charge >= 0.3 is 0 Å². The summed E-state index contributed by atoms with van der Waals surface area (Å²) in [5, 5.41) is 9.32. The normalized spacial score (nSPS) is 51.8. The zero-order valence-electron chi connectivity index (χ0n) is 5.78. The highest BCUT2D eigenvalue weighted by molar-refractivity contribution is 5.07. The summed E-state index contributed by atoms with van der Waals surface area (Å²) in [4.78, 5) is 0. The highest BCUT2D eigenvalue weighted by Crippen LogP contribution is 2.31. The first kappa shape index (κ1) is 6.34. The van der Waals surface area contributed by atoms with E-state index in [4.69, 9.17) is 9.47 Å². The average molecular weight is 142 g/mol. The topological polar surface area (TPSA) is 38.7 Å². The third kappa shape index (κ3) is 0.714. The van der Waals surface area contributed by atoms with Crippen molar-refractivity contribution >= 4 is 0 Å². The van der Waals surface area contributed by atoms with Gasteiger partial charge in [0.2, 0.25) is 0 Å². The maximum Gasteiger partial charge on any atom is 0.196 e. The molecule has 3 nitrogen and oxygen atoms in total. The molecule has 1 saturated heterocycles. The van der Waals surface area contributed by atoms with Crippen LogP contribution in [0.1, 0.15) is 6.92 Å². The van der Waals surface area contributed by atoms with E-state index in [0.29, 0.717) is 6.61 Å². The highest BCUT2D eigenvalue weighted by Gasteiger charge is 2.44. The van der Waals surface area contributed by atoms with Gasteiger partial charge in [-0.25, -0.2) is 0 Å². The molecule has 0 radical (unpaired) electrons. The molecule has 0 unspecified atom stereocenters. The Bertz CT molecular complexity index is 178. The van der Waals surface area contributed by atoms with Crippen LogP contribution < -0.4 is 0 Å². The first-order chi connectivity index (χ1) is 4.71. The molecule has 56 valence electrons. The van der Waals surface area contributed by atoms with Crippen LogP contribution >= 0.6 is 0 Å². The quantitative estimate of drug-likeness (QED) is 0.486. The molecule has 3 atom stereocenters. The molecule has 2 rings (SSSR count). The fourth-order valence-electron chi connectivity index (χ4n) is 1.27. The van der Waals surface area contributed by atoms with Crippen molar-refractivity contribution in [1.82, 2.24) is 0 Å². The van der Waals surface area contributed by atoms with Gasteiger partial charge < -0.3 is 14.6 Å². The fraction of sp³-hybridized carbons (Fsp3) is 0.714. The number of hydrogen-bond donors (Lipinski definition) is 1. The van der Waals surface area contributed by atoms with Crippen LogP contribution in [0.5, 0.6) is 0 Å². The van der Waals surface area contributed by atoms with Crippen LogP contribution in [-0.4, -0.2) is 29.7 Å². The van der Waals surface area contributed by atoms with Crippen LogP contribution in [0, 0.1) is 0 Å². The second kappa shape index (κ2) is 1.81. The average Bonchev–Trinajstić information content (AvgIpc) is 2.22. The molecule has 0 aromatic carbocycles. The third-order valence-electron chi connectivity index (χ3n) is 1.96. The van der Waals surface area contributed by atoms with Crippen molar-refractivity contribution in [2.45, 2.75) is 24.9 Å². The Morgan fingerprint density at radius 3 is 3.10 bits per heavy atom. The first-order valence-electron chi connectivity index (χ1n) is 3.39. The van der Waals surface area contributed by atoms with Crippen LogP contribution in [0.15, 0.2) is 12.2 Å². The minimum Gasteiger partial charge on any atom is -0.383 e. The molecule has 2 bridgehead atoms. The SMILES string of the molecule is C[C@]12OC[C@H](C=C[C@@H]1O)O2. The Balaban J connectivity index is 2.29. The molecule has 2 aliphatic rings. The van der Waals surface area contributed by atoms with E-state index in [9.17, 15) is 5.11 Å². The minimum absolute atomic E-state index is 0.0494. The Hall–Kier alpha value is -0.380. The van der Waals surface area contributed by atoms with Gasteiger partial charge in [-0.2, -0.15) is 0 Å². The van der Waals surface area contributed by atoms with Crippen molar-refractivity contribution in [3.05, 3.63) is 12.2 Å². The van der Waals surface area contributed by atoms with E-state index in [1.165, 1.54) is 0 Å². The first-order valence-corrected chi connectivity index (χ1v) is 3.39. The zero-order valence-corrected chi connectivity index (χ0v) is 5.78. The molecule has 0 saturated carbocycles. The summed E-state index contributed by atoms with van der Waals surface area (Å²) in [7, 11) is 0. The van der Waals surface area contributed by atoms with Crippen molar-refractivity contribution in [2.24, 2.45) is 0 Å². The van der Waals surface area contributed by atoms with E-state index in [1.54, 1.807) is 13.0 Å². The summed E-state index contributed by atoms with van der Waals surface area (Å²) in [5.41, 5.74) is 0. The number of ether oxygens (including phenoxy) is 2. The number of aliphatic hydroxyl groups is 1. The number of hydrogen-bond acceptors (Lipinski definition) is 3. The van der Waals surface area contributed by atoms with E-state index in [2.05, 4.69) is 0 Å². The summed E-state index contributed by atoms with van der Waals surface area (Å²) in [6, 6.07) is 0. The Kier molecular flexibility index (Phi) is 1.15. The van der Waals surface area contributed by atoms with Crippen LogP contribution in [0.4, 0.5) is 0 Å². The third-order valence-corrected chi connectivity index (χ3v) is 1.96. The number of fused-ring (bicyclic) bond motifs is 2. The molecular weight excluding hydrogens is 132 g/mol. The van der Waals surface area contributed by atoms with Gasteiger partial charge in [-0.05, 0) is 6.92 Å². The summed E-state index contributed by atoms with van der Waals surface area (Å²) in [5.74, 6) is -0.778. The molecule has 0 aromatic heterocycles. The van der Waals surface area contributed by atoms with E-state index >= 15 is 0 Å². The lowest BCUT2D eigenvalue weighted by Gasteiger charge is -2.28. The summed E-state index contributed by atoms with van der Waals surface area (Å²) >= 11 is 0. The summed E-state index contributed by atoms with van der Waals surface area (Å²) in [6.07, 6.45) is 2.99. The smallest absolute Gasteiger partial charge is 0.196 e. The molecule has 2 heterocycles. The van der Waals surface area contributed by atoms with Crippen LogP contribution in [0.3, 0.4) is 0 Å². The summed E-state index contributed by atoms with van der Waals surface area (Å²) < 4.78 is 10.6. The Morgan fingerprint density at radius 2 is 2.40 bits per heavy atom. The predicted molar refractivity (Wildman–Crippen MR) is 34.4 cm³/mol. The second-order valence-corrected chi connectivity index (χ2v) is 2.81. The van der Waals surface area contributed by atoms with Crippen molar-refractivity contribution in [1.29, 1.82) is 0 Å². The molecule has 0 spiro atoms. The molecule has 3 heteroatoms. The predicted octanol–water partition coefficient (Wildman–Crippen LogP) is 0.0487. The van der Waals surface area contributed by atoms with Gasteiger partial charge in [0.25, 0.3) is 0 Å². The molecule has 0 amide bonds. The van der Waals surface area contributed by atoms with E-state index in [0.717, 1.165) is 0 Å². The van der Waals surface area contributed by atoms with Crippen LogP contribution in [0.25, 0.3) is 0 Å². The monoisotopic (exact) mass is 142 g/mol. The van der Waals surface area contributed by atoms with Gasteiger partial charge in [0.1, 0.15) is 12.2 Å². The lowest BCUT2D eigenvalue weighted by Crippen LogP contribution is -2.41. The lowest BCUT2D eigenvalue weighted by atomic mass is 10.1. The highest BCUT2D eigenvalue weighted by atomic mass is 16.8. The number of aliphatic hydroxyl groups excluding tert-OH is 1. The minimum atomic E-state index is -0.778. The van der Waals surface area contributed by atoms with Gasteiger partial charge in [-0.1, -0.05) is 12.2 Å². The second-order valence-electron chi connectivity index (χ2n) is 2.81. The maximum atomic E-state index is 9.32. The molecule has 0 aliphatic carbocycles. The zero-order chi connectivity index (χ0) is 7.19. The Morgan fingerprint density at radius 1 is 1.60 bits per heavy atom. The molecular formula is C7H10O3. The van der Waals surface area contributed by atoms with Gasteiger partial charge in [0, 0.05) is 0 Å². The van der Waals surface area contributed by atoms with E-state index < -0.39 is 11.9 Å². The largest absolute Gasteiger partial charge is 0.383 e. The van der Waals surface area contributed by atoms with Crippen LogP contribution in [-0.2, 0) is 9.47 Å². The van der Waals surface area contributed by atoms with Gasteiger partial charge in [0.05, 0.1) is 6.61 Å². The van der Waals surface area contributed by atoms with Gasteiger partial charge in [-0.15, -0.1) is 0 Å². The molecule has 2 aliphatic heterocycles. The number of rotatable bonds is 0. The fourth-order valence-corrected chi connectivity index (χ4v) is 1.27. The van der Waals surface area contributed by atoms with Gasteiger partial charge in [-0.3, -0.25) is 0 Å². The van der Waals surface area contributed by atoms with Gasteiger partial charge in [0.15, 0.2) is 5.79 Å². The van der Waals surface area contributed by atoms with Crippen molar-refractivity contribution < 1.29 is 14.6 Å². The molecule has 1 fully saturated rings. The standard InChI is InChI=1S/C7H10O3/c1-7-6(8)3-2-5(10-7)4-9-7/h2-3,5-6,8H,4H2,1H3/t5-,6-,7+/m0/s1. The van der Waals surface area contributed by atoms with Crippen molar-refractivity contribution in [3.63, 3.8) is 0 Å². The van der Waals surface area contributed by atoms with Crippen molar-refractivity contribution in [2.75, 3.05) is 6.61 Å². The van der Waals surface area contributed by atoms with Crippen LogP contribution in [0.2, 0.25) is 0 Å². The molecule has 1 N–H and O–H groups in total. The lowest BCUT2D eigenvalue weighted by molar-refractivity contribution is -0.203. The Labute approximate surface area is 59.2 Å². The van der Waals surface area contributed by atoms with Crippen molar-refractivity contribution in [3.8, 4) is 0 Å². The van der Waals surface area contributed by atoms with E-state index in [-0.39, 0.29) is 6.10 Å². The maximum absolute atomic E-state index is 9.32. The molecule has 10 heavy (non-hydrogen) atoms.